The number of benzene rings is 1. The minimum atomic E-state index is -0.646. The monoisotopic (exact) mass is 364 g/mol. The van der Waals surface area contributed by atoms with Gasteiger partial charge in [0, 0.05) is 39.3 Å². The first-order valence-electron chi connectivity index (χ1n) is 8.79. The van der Waals surface area contributed by atoms with E-state index < -0.39 is 11.8 Å². The Morgan fingerprint density at radius 2 is 1.85 bits per heavy atom. The van der Waals surface area contributed by atoms with Gasteiger partial charge in [-0.3, -0.25) is 14.5 Å². The zero-order valence-corrected chi connectivity index (χ0v) is 15.6. The predicted molar refractivity (Wildman–Crippen MR) is 98.4 cm³/mol. The molecule has 1 fully saturated rings. The molecule has 2 rings (SSSR count). The number of hydrogen-bond donors (Lipinski definition) is 3. The van der Waals surface area contributed by atoms with Gasteiger partial charge in [0.05, 0.1) is 20.3 Å². The summed E-state index contributed by atoms with van der Waals surface area (Å²) in [6.07, 6.45) is 0. The van der Waals surface area contributed by atoms with Gasteiger partial charge in [-0.1, -0.05) is 6.07 Å². The van der Waals surface area contributed by atoms with E-state index in [1.54, 1.807) is 26.4 Å². The highest BCUT2D eigenvalue weighted by Gasteiger charge is 2.18. The third-order valence-corrected chi connectivity index (χ3v) is 4.38. The topological polar surface area (TPSA) is 91.9 Å². The molecule has 0 radical (unpaired) electrons. The highest BCUT2D eigenvalue weighted by atomic mass is 16.5. The zero-order chi connectivity index (χ0) is 18.9. The molecule has 1 aromatic rings. The molecule has 3 N–H and O–H groups in total. The van der Waals surface area contributed by atoms with Crippen molar-refractivity contribution in [2.75, 3.05) is 53.5 Å². The summed E-state index contributed by atoms with van der Waals surface area (Å²) >= 11 is 0. The van der Waals surface area contributed by atoms with Gasteiger partial charge in [-0.2, -0.15) is 0 Å². The summed E-state index contributed by atoms with van der Waals surface area (Å²) in [4.78, 5) is 26.3. The van der Waals surface area contributed by atoms with Gasteiger partial charge in [0.25, 0.3) is 0 Å². The Hall–Kier alpha value is -2.32. The molecule has 8 nitrogen and oxygen atoms in total. The summed E-state index contributed by atoms with van der Waals surface area (Å²) in [5.41, 5.74) is 0.824. The molecule has 1 saturated heterocycles. The fourth-order valence-corrected chi connectivity index (χ4v) is 2.81. The molecule has 1 aliphatic heterocycles. The van der Waals surface area contributed by atoms with Gasteiger partial charge in [0.15, 0.2) is 11.5 Å². The van der Waals surface area contributed by atoms with Crippen LogP contribution >= 0.6 is 0 Å². The lowest BCUT2D eigenvalue weighted by molar-refractivity contribution is -0.139. The minimum Gasteiger partial charge on any atom is -0.493 e. The van der Waals surface area contributed by atoms with Crippen LogP contribution < -0.4 is 25.4 Å². The van der Waals surface area contributed by atoms with Gasteiger partial charge in [-0.15, -0.1) is 0 Å². The predicted octanol–water partition coefficient (Wildman–Crippen LogP) is -0.0976. The van der Waals surface area contributed by atoms with Crippen molar-refractivity contribution in [1.29, 1.82) is 0 Å². The molecule has 1 atom stereocenters. The number of ether oxygens (including phenoxy) is 2. The molecule has 8 heteroatoms. The second kappa shape index (κ2) is 9.98. The molecule has 1 heterocycles. The van der Waals surface area contributed by atoms with Crippen molar-refractivity contribution >= 4 is 11.8 Å². The molecule has 26 heavy (non-hydrogen) atoms. The van der Waals surface area contributed by atoms with E-state index in [0.717, 1.165) is 38.3 Å². The third-order valence-electron chi connectivity index (χ3n) is 4.38. The highest BCUT2D eigenvalue weighted by Crippen LogP contribution is 2.29. The van der Waals surface area contributed by atoms with Gasteiger partial charge < -0.3 is 25.4 Å². The van der Waals surface area contributed by atoms with E-state index in [1.165, 1.54) is 0 Å². The molecule has 1 aromatic carbocycles. The Morgan fingerprint density at radius 3 is 2.50 bits per heavy atom. The Bertz CT molecular complexity index is 617. The van der Waals surface area contributed by atoms with E-state index >= 15 is 0 Å². The molecule has 1 aliphatic rings. The van der Waals surface area contributed by atoms with Crippen molar-refractivity contribution in [3.05, 3.63) is 23.8 Å². The summed E-state index contributed by atoms with van der Waals surface area (Å²) in [5, 5.41) is 8.65. The SMILES string of the molecule is COc1ccc(C(C)NC(=O)C(=O)NCCN2CCNCC2)cc1OC. The normalized spacial score (nSPS) is 15.8. The molecular weight excluding hydrogens is 336 g/mol. The van der Waals surface area contributed by atoms with Crippen LogP contribution in [0.4, 0.5) is 0 Å². The average molecular weight is 364 g/mol. The van der Waals surface area contributed by atoms with E-state index in [-0.39, 0.29) is 6.04 Å². The summed E-state index contributed by atoms with van der Waals surface area (Å²) in [6, 6.07) is 5.05. The van der Waals surface area contributed by atoms with Crippen molar-refractivity contribution in [3.63, 3.8) is 0 Å². The Balaban J connectivity index is 1.80. The lowest BCUT2D eigenvalue weighted by Gasteiger charge is -2.27. The van der Waals surface area contributed by atoms with Crippen LogP contribution in [-0.2, 0) is 9.59 Å². The van der Waals surface area contributed by atoms with E-state index in [0.29, 0.717) is 18.0 Å². The lowest BCUT2D eigenvalue weighted by atomic mass is 10.1. The van der Waals surface area contributed by atoms with Crippen molar-refractivity contribution < 1.29 is 19.1 Å². The van der Waals surface area contributed by atoms with Crippen LogP contribution in [0.2, 0.25) is 0 Å². The van der Waals surface area contributed by atoms with Gasteiger partial charge >= 0.3 is 11.8 Å². The van der Waals surface area contributed by atoms with Crippen molar-refractivity contribution in [3.8, 4) is 11.5 Å². The van der Waals surface area contributed by atoms with E-state index in [1.807, 2.05) is 13.0 Å². The van der Waals surface area contributed by atoms with Crippen molar-refractivity contribution in [2.24, 2.45) is 0 Å². The number of carbonyl (C=O) groups excluding carboxylic acids is 2. The quantitative estimate of drug-likeness (QED) is 0.586. The van der Waals surface area contributed by atoms with E-state index in [9.17, 15) is 9.59 Å². The fraction of sp³-hybridized carbons (Fsp3) is 0.556. The highest BCUT2D eigenvalue weighted by molar-refractivity contribution is 6.35. The summed E-state index contributed by atoms with van der Waals surface area (Å²) in [6.45, 7) is 6.83. The zero-order valence-electron chi connectivity index (χ0n) is 15.6. The molecular formula is C18H28N4O4. The smallest absolute Gasteiger partial charge is 0.309 e. The Labute approximate surface area is 154 Å². The molecule has 0 saturated carbocycles. The Kier molecular flexibility index (Phi) is 7.68. The van der Waals surface area contributed by atoms with Crippen molar-refractivity contribution in [1.82, 2.24) is 20.9 Å². The first-order chi connectivity index (χ1) is 12.5. The summed E-state index contributed by atoms with van der Waals surface area (Å²) in [5.74, 6) is -0.0768. The van der Waals surface area contributed by atoms with Crippen LogP contribution in [0.5, 0.6) is 11.5 Å². The molecule has 0 bridgehead atoms. The van der Waals surface area contributed by atoms with Crippen molar-refractivity contribution in [2.45, 2.75) is 13.0 Å². The third kappa shape index (κ3) is 5.60. The maximum absolute atomic E-state index is 12.1. The second-order valence-corrected chi connectivity index (χ2v) is 6.16. The maximum atomic E-state index is 12.1. The van der Waals surface area contributed by atoms with Gasteiger partial charge in [-0.25, -0.2) is 0 Å². The van der Waals surface area contributed by atoms with Crippen LogP contribution in [0.15, 0.2) is 18.2 Å². The molecule has 0 aromatic heterocycles. The molecule has 144 valence electrons. The lowest BCUT2D eigenvalue weighted by Crippen LogP contribution is -2.48. The van der Waals surface area contributed by atoms with Crippen LogP contribution in [-0.4, -0.2) is 70.2 Å². The largest absolute Gasteiger partial charge is 0.493 e. The maximum Gasteiger partial charge on any atom is 0.309 e. The van der Waals surface area contributed by atoms with Gasteiger partial charge in [0.2, 0.25) is 0 Å². The summed E-state index contributed by atoms with van der Waals surface area (Å²) < 4.78 is 10.5. The standard InChI is InChI=1S/C18H28N4O4/c1-13(14-4-5-15(25-2)16(12-14)26-3)21-18(24)17(23)20-8-11-22-9-6-19-7-10-22/h4-5,12-13,19H,6-11H2,1-3H3,(H,20,23)(H,21,24). The Morgan fingerprint density at radius 1 is 1.15 bits per heavy atom. The number of carbonyl (C=O) groups is 2. The van der Waals surface area contributed by atoms with E-state index in [2.05, 4.69) is 20.9 Å². The van der Waals surface area contributed by atoms with Crippen LogP contribution in [0.1, 0.15) is 18.5 Å². The average Bonchev–Trinajstić information content (AvgIpc) is 2.67. The molecule has 1 unspecified atom stereocenters. The first-order valence-corrected chi connectivity index (χ1v) is 8.79. The number of nitrogens with one attached hydrogen (secondary N) is 3. The number of piperazine rings is 1. The number of hydrogen-bond acceptors (Lipinski definition) is 6. The number of rotatable bonds is 7. The molecule has 0 aliphatic carbocycles. The molecule has 2 amide bonds. The minimum absolute atomic E-state index is 0.332. The first kappa shape index (κ1) is 20.0. The number of amides is 2. The van der Waals surface area contributed by atoms with Crippen LogP contribution in [0.25, 0.3) is 0 Å². The molecule has 0 spiro atoms. The van der Waals surface area contributed by atoms with Gasteiger partial charge in [-0.05, 0) is 24.6 Å². The van der Waals surface area contributed by atoms with Gasteiger partial charge in [0.1, 0.15) is 0 Å². The number of nitrogens with zero attached hydrogens (tertiary/aromatic N) is 1. The fourth-order valence-electron chi connectivity index (χ4n) is 2.81. The second-order valence-electron chi connectivity index (χ2n) is 6.16. The van der Waals surface area contributed by atoms with Crippen LogP contribution in [0, 0.1) is 0 Å². The summed E-state index contributed by atoms with van der Waals surface area (Å²) in [7, 11) is 3.12. The van der Waals surface area contributed by atoms with E-state index in [4.69, 9.17) is 9.47 Å². The number of methoxy groups -OCH3 is 2. The van der Waals surface area contributed by atoms with Crippen LogP contribution in [0.3, 0.4) is 0 Å².